The molecule has 0 aliphatic carbocycles. The summed E-state index contributed by atoms with van der Waals surface area (Å²) in [7, 11) is 0. The molecule has 2 heterocycles. The van der Waals surface area contributed by atoms with E-state index in [1.54, 1.807) is 0 Å². The Morgan fingerprint density at radius 3 is 3.33 bits per heavy atom. The molecule has 0 aromatic rings. The zero-order chi connectivity index (χ0) is 8.55. The number of amidine groups is 1. The van der Waals surface area contributed by atoms with E-state index in [0.29, 0.717) is 0 Å². The van der Waals surface area contributed by atoms with Gasteiger partial charge in [0.15, 0.2) is 11.0 Å². The van der Waals surface area contributed by atoms with E-state index in [9.17, 15) is 4.79 Å². The van der Waals surface area contributed by atoms with Crippen LogP contribution in [0.2, 0.25) is 0 Å². The maximum absolute atomic E-state index is 11.1. The third-order valence-electron chi connectivity index (χ3n) is 1.77. The van der Waals surface area contributed by atoms with Crippen LogP contribution in [0.15, 0.2) is 16.1 Å². The van der Waals surface area contributed by atoms with E-state index in [2.05, 4.69) is 4.99 Å². The Morgan fingerprint density at radius 1 is 1.83 bits per heavy atom. The first-order chi connectivity index (χ1) is 5.81. The average molecular weight is 183 g/mol. The minimum atomic E-state index is -0.00269. The highest BCUT2D eigenvalue weighted by atomic mass is 32.2. The lowest BCUT2D eigenvalue weighted by molar-refractivity contribution is -0.113. The van der Waals surface area contributed by atoms with Crippen molar-refractivity contribution in [2.24, 2.45) is 10.7 Å². The predicted octanol–water partition coefficient (Wildman–Crippen LogP) is -0.226. The molecule has 0 bridgehead atoms. The van der Waals surface area contributed by atoms with Crippen molar-refractivity contribution in [1.82, 2.24) is 4.90 Å². The molecule has 2 aliphatic heterocycles. The van der Waals surface area contributed by atoms with E-state index in [1.165, 1.54) is 11.8 Å². The van der Waals surface area contributed by atoms with Crippen LogP contribution in [0.1, 0.15) is 0 Å². The normalized spacial score (nSPS) is 20.6. The molecule has 2 N–H and O–H groups in total. The molecule has 4 nitrogen and oxygen atoms in total. The van der Waals surface area contributed by atoms with Crippen molar-refractivity contribution in [2.45, 2.75) is 0 Å². The van der Waals surface area contributed by atoms with Crippen LogP contribution in [0.4, 0.5) is 0 Å². The van der Waals surface area contributed by atoms with Gasteiger partial charge in [-0.1, -0.05) is 0 Å². The Labute approximate surface area is 74.5 Å². The largest absolute Gasteiger partial charge is 0.324 e. The van der Waals surface area contributed by atoms with Gasteiger partial charge in [-0.25, -0.2) is 0 Å². The molecule has 0 amide bonds. The van der Waals surface area contributed by atoms with Gasteiger partial charge in [0.25, 0.3) is 0 Å². The van der Waals surface area contributed by atoms with Crippen molar-refractivity contribution >= 4 is 22.7 Å². The molecule has 0 aromatic heterocycles. The molecule has 0 unspecified atom stereocenters. The fourth-order valence-electron chi connectivity index (χ4n) is 1.15. The Bertz CT molecular complexity index is 284. The fraction of sp³-hybridized carbons (Fsp3) is 0.429. The summed E-state index contributed by atoms with van der Waals surface area (Å²) in [6.07, 6.45) is 1.84. The Balaban J connectivity index is 2.13. The SMILES string of the molecule is NCC(=O)C1=CN2CCN=C2S1. The van der Waals surface area contributed by atoms with Gasteiger partial charge in [0.2, 0.25) is 0 Å². The van der Waals surface area contributed by atoms with Gasteiger partial charge in [0.1, 0.15) is 0 Å². The summed E-state index contributed by atoms with van der Waals surface area (Å²) in [5.74, 6) is -0.00269. The van der Waals surface area contributed by atoms with E-state index in [0.717, 1.165) is 23.2 Å². The number of carbonyl (C=O) groups excluding carboxylic acids is 1. The molecule has 0 fully saturated rings. The van der Waals surface area contributed by atoms with Gasteiger partial charge in [0, 0.05) is 12.7 Å². The monoisotopic (exact) mass is 183 g/mol. The topological polar surface area (TPSA) is 58.7 Å². The van der Waals surface area contributed by atoms with Crippen LogP contribution in [0.5, 0.6) is 0 Å². The van der Waals surface area contributed by atoms with E-state index < -0.39 is 0 Å². The highest BCUT2D eigenvalue weighted by Gasteiger charge is 2.26. The van der Waals surface area contributed by atoms with Crippen LogP contribution in [-0.4, -0.2) is 35.5 Å². The summed E-state index contributed by atoms with van der Waals surface area (Å²) in [5.41, 5.74) is 5.24. The molecule has 2 rings (SSSR count). The number of nitrogens with zero attached hydrogens (tertiary/aromatic N) is 2. The maximum atomic E-state index is 11.1. The van der Waals surface area contributed by atoms with E-state index in [-0.39, 0.29) is 12.3 Å². The second-order valence-corrected chi connectivity index (χ2v) is 3.59. The van der Waals surface area contributed by atoms with Crippen molar-refractivity contribution in [3.05, 3.63) is 11.1 Å². The van der Waals surface area contributed by atoms with E-state index in [4.69, 9.17) is 5.73 Å². The van der Waals surface area contributed by atoms with Gasteiger partial charge in [-0.2, -0.15) is 0 Å². The number of nitrogens with two attached hydrogens (primary N) is 1. The number of aliphatic imine (C=N–C) groups is 1. The Morgan fingerprint density at radius 2 is 2.67 bits per heavy atom. The molecule has 5 heteroatoms. The number of hydrogen-bond donors (Lipinski definition) is 1. The van der Waals surface area contributed by atoms with Crippen LogP contribution in [0.3, 0.4) is 0 Å². The number of carbonyl (C=O) groups is 1. The van der Waals surface area contributed by atoms with Crippen molar-refractivity contribution in [3.63, 3.8) is 0 Å². The van der Waals surface area contributed by atoms with Crippen LogP contribution < -0.4 is 5.73 Å². The summed E-state index contributed by atoms with van der Waals surface area (Å²) >= 11 is 1.42. The molecule has 0 atom stereocenters. The lowest BCUT2D eigenvalue weighted by Crippen LogP contribution is -2.15. The molecular formula is C7H9N3OS. The average Bonchev–Trinajstić information content (AvgIpc) is 2.60. The molecule has 0 aromatic carbocycles. The fourth-order valence-corrected chi connectivity index (χ4v) is 2.14. The van der Waals surface area contributed by atoms with Crippen molar-refractivity contribution < 1.29 is 4.79 Å². The van der Waals surface area contributed by atoms with Crippen LogP contribution in [-0.2, 0) is 4.79 Å². The number of hydrogen-bond acceptors (Lipinski definition) is 5. The van der Waals surface area contributed by atoms with Gasteiger partial charge in [0.05, 0.1) is 18.0 Å². The predicted molar refractivity (Wildman–Crippen MR) is 48.7 cm³/mol. The molecule has 2 aliphatic rings. The van der Waals surface area contributed by atoms with Gasteiger partial charge in [-0.3, -0.25) is 9.79 Å². The van der Waals surface area contributed by atoms with Crippen molar-refractivity contribution in [3.8, 4) is 0 Å². The van der Waals surface area contributed by atoms with Crippen LogP contribution in [0.25, 0.3) is 0 Å². The Kier molecular flexibility index (Phi) is 1.90. The molecule has 0 saturated heterocycles. The second kappa shape index (κ2) is 2.91. The quantitative estimate of drug-likeness (QED) is 0.642. The lowest BCUT2D eigenvalue weighted by atomic mass is 10.4. The molecule has 0 radical (unpaired) electrons. The molecule has 64 valence electrons. The molecule has 0 spiro atoms. The van der Waals surface area contributed by atoms with Gasteiger partial charge < -0.3 is 10.6 Å². The van der Waals surface area contributed by atoms with E-state index in [1.807, 2.05) is 11.1 Å². The zero-order valence-electron chi connectivity index (χ0n) is 6.49. The summed E-state index contributed by atoms with van der Waals surface area (Å²) in [6, 6.07) is 0. The third-order valence-corrected chi connectivity index (χ3v) is 2.87. The van der Waals surface area contributed by atoms with Gasteiger partial charge >= 0.3 is 0 Å². The Hall–Kier alpha value is -0.810. The number of Topliss-reactive ketones (excluding diaryl/α,β-unsaturated/α-hetero) is 1. The summed E-state index contributed by atoms with van der Waals surface area (Å²) in [6.45, 7) is 1.81. The summed E-state index contributed by atoms with van der Waals surface area (Å²) in [5, 5.41) is 0.937. The van der Waals surface area contributed by atoms with Crippen molar-refractivity contribution in [2.75, 3.05) is 19.6 Å². The second-order valence-electron chi connectivity index (χ2n) is 2.58. The van der Waals surface area contributed by atoms with Crippen LogP contribution >= 0.6 is 11.8 Å². The number of fused-ring (bicyclic) bond motifs is 1. The molecular weight excluding hydrogens is 174 g/mol. The molecule has 12 heavy (non-hydrogen) atoms. The number of rotatable bonds is 2. The molecule has 0 saturated carbocycles. The highest BCUT2D eigenvalue weighted by Crippen LogP contribution is 2.30. The number of ketones is 1. The number of thioether (sulfide) groups is 1. The standard InChI is InChI=1S/C7H9N3OS/c8-3-5(11)6-4-10-2-1-9-7(10)12-6/h4H,1-3,8H2. The first-order valence-corrected chi connectivity index (χ1v) is 4.57. The maximum Gasteiger partial charge on any atom is 0.184 e. The third kappa shape index (κ3) is 1.15. The summed E-state index contributed by atoms with van der Waals surface area (Å²) in [4.78, 5) is 18.1. The zero-order valence-corrected chi connectivity index (χ0v) is 7.30. The van der Waals surface area contributed by atoms with Crippen LogP contribution in [0, 0.1) is 0 Å². The van der Waals surface area contributed by atoms with Gasteiger partial charge in [-0.15, -0.1) is 0 Å². The highest BCUT2D eigenvalue weighted by molar-refractivity contribution is 8.18. The van der Waals surface area contributed by atoms with E-state index >= 15 is 0 Å². The minimum Gasteiger partial charge on any atom is -0.324 e. The first kappa shape index (κ1) is 7.82. The lowest BCUT2D eigenvalue weighted by Gasteiger charge is -2.04. The first-order valence-electron chi connectivity index (χ1n) is 3.75. The van der Waals surface area contributed by atoms with Gasteiger partial charge in [-0.05, 0) is 11.8 Å². The summed E-state index contributed by atoms with van der Waals surface area (Å²) < 4.78 is 0. The van der Waals surface area contributed by atoms with Crippen molar-refractivity contribution in [1.29, 1.82) is 0 Å². The minimum absolute atomic E-state index is 0.00269. The smallest absolute Gasteiger partial charge is 0.184 e.